The van der Waals surface area contributed by atoms with Gasteiger partial charge in [0.15, 0.2) is 18.1 Å². The average molecular weight is 442 g/mol. The summed E-state index contributed by atoms with van der Waals surface area (Å²) in [4.78, 5) is 25.1. The summed E-state index contributed by atoms with van der Waals surface area (Å²) in [7, 11) is 1.52. The summed E-state index contributed by atoms with van der Waals surface area (Å²) in [6, 6.07) is 25.8. The molecule has 0 aliphatic rings. The number of hydrazine groups is 1. The Kier molecular flexibility index (Phi) is 6.65. The van der Waals surface area contributed by atoms with Crippen molar-refractivity contribution < 1.29 is 19.1 Å². The van der Waals surface area contributed by atoms with Crippen molar-refractivity contribution in [1.29, 1.82) is 0 Å². The number of carbonyl (C=O) groups excluding carboxylic acids is 2. The molecule has 8 heteroatoms. The number of ether oxygens (including phenoxy) is 2. The van der Waals surface area contributed by atoms with Crippen LogP contribution in [0.1, 0.15) is 10.4 Å². The fourth-order valence-electron chi connectivity index (χ4n) is 3.17. The summed E-state index contributed by atoms with van der Waals surface area (Å²) in [5.74, 6) is -0.0835. The number of hydrogen-bond acceptors (Lipinski definition) is 5. The molecule has 2 amide bonds. The van der Waals surface area contributed by atoms with Gasteiger partial charge in [-0.2, -0.15) is 5.10 Å². The summed E-state index contributed by atoms with van der Waals surface area (Å²) in [6.07, 6.45) is 1.63. The van der Waals surface area contributed by atoms with Gasteiger partial charge in [0.2, 0.25) is 0 Å². The molecule has 0 saturated carbocycles. The van der Waals surface area contributed by atoms with E-state index in [4.69, 9.17) is 9.47 Å². The lowest BCUT2D eigenvalue weighted by Gasteiger charge is -2.11. The van der Waals surface area contributed by atoms with E-state index in [9.17, 15) is 9.59 Å². The normalized spacial score (nSPS) is 10.3. The van der Waals surface area contributed by atoms with E-state index in [1.165, 1.54) is 7.11 Å². The van der Waals surface area contributed by atoms with Gasteiger partial charge in [-0.25, -0.2) is 4.68 Å². The highest BCUT2D eigenvalue weighted by Gasteiger charge is 2.19. The molecule has 2 N–H and O–H groups in total. The van der Waals surface area contributed by atoms with Gasteiger partial charge in [-0.1, -0.05) is 60.7 Å². The molecule has 4 rings (SSSR count). The van der Waals surface area contributed by atoms with Crippen molar-refractivity contribution in [2.75, 3.05) is 13.7 Å². The van der Waals surface area contributed by atoms with E-state index in [1.807, 2.05) is 60.7 Å². The first-order valence-corrected chi connectivity index (χ1v) is 10.2. The summed E-state index contributed by atoms with van der Waals surface area (Å²) >= 11 is 0. The molecule has 3 aromatic carbocycles. The zero-order valence-electron chi connectivity index (χ0n) is 17.9. The van der Waals surface area contributed by atoms with E-state index >= 15 is 0 Å². The number of rotatable bonds is 7. The van der Waals surface area contributed by atoms with Crippen LogP contribution < -0.4 is 20.3 Å². The maximum atomic E-state index is 12.9. The van der Waals surface area contributed by atoms with Gasteiger partial charge in [0.05, 0.1) is 18.4 Å². The molecule has 1 heterocycles. The lowest BCUT2D eigenvalue weighted by molar-refractivity contribution is -0.123. The van der Waals surface area contributed by atoms with E-state index in [0.29, 0.717) is 22.8 Å². The Balaban J connectivity index is 1.47. The summed E-state index contributed by atoms with van der Waals surface area (Å²) in [5.41, 5.74) is 7.21. The molecule has 0 aliphatic heterocycles. The van der Waals surface area contributed by atoms with E-state index in [2.05, 4.69) is 16.0 Å². The second-order valence-electron chi connectivity index (χ2n) is 6.98. The number of carbonyl (C=O) groups is 2. The second kappa shape index (κ2) is 10.1. The number of hydrogen-bond donors (Lipinski definition) is 2. The molecule has 0 atom stereocenters. The second-order valence-corrected chi connectivity index (χ2v) is 6.98. The van der Waals surface area contributed by atoms with Crippen molar-refractivity contribution in [2.45, 2.75) is 0 Å². The molecule has 166 valence electrons. The number of para-hydroxylation sites is 3. The fraction of sp³-hybridized carbons (Fsp3) is 0.0800. The average Bonchev–Trinajstić information content (AvgIpc) is 3.33. The van der Waals surface area contributed by atoms with Crippen LogP contribution in [0.5, 0.6) is 11.5 Å². The minimum atomic E-state index is -0.522. The highest BCUT2D eigenvalue weighted by molar-refractivity contribution is 6.00. The Morgan fingerprint density at radius 2 is 1.48 bits per heavy atom. The van der Waals surface area contributed by atoms with Gasteiger partial charge in [-0.05, 0) is 24.3 Å². The zero-order valence-corrected chi connectivity index (χ0v) is 17.9. The molecule has 4 aromatic rings. The third-order valence-electron chi connectivity index (χ3n) is 4.77. The van der Waals surface area contributed by atoms with Crippen LogP contribution in [-0.2, 0) is 4.79 Å². The maximum Gasteiger partial charge on any atom is 0.276 e. The summed E-state index contributed by atoms with van der Waals surface area (Å²) < 4.78 is 12.3. The van der Waals surface area contributed by atoms with Crippen molar-refractivity contribution in [2.24, 2.45) is 0 Å². The van der Waals surface area contributed by atoms with Crippen LogP contribution in [-0.4, -0.2) is 35.3 Å². The van der Waals surface area contributed by atoms with Gasteiger partial charge in [-0.3, -0.25) is 20.4 Å². The van der Waals surface area contributed by atoms with Crippen LogP contribution in [0.4, 0.5) is 0 Å². The van der Waals surface area contributed by atoms with E-state index in [0.717, 1.165) is 11.3 Å². The van der Waals surface area contributed by atoms with Gasteiger partial charge < -0.3 is 9.47 Å². The van der Waals surface area contributed by atoms with E-state index in [-0.39, 0.29) is 6.61 Å². The van der Waals surface area contributed by atoms with Crippen LogP contribution in [0.2, 0.25) is 0 Å². The van der Waals surface area contributed by atoms with Crippen LogP contribution >= 0.6 is 0 Å². The minimum absolute atomic E-state index is 0.296. The minimum Gasteiger partial charge on any atom is -0.493 e. The highest BCUT2D eigenvalue weighted by atomic mass is 16.5. The Bertz CT molecular complexity index is 1240. The molecule has 0 radical (unpaired) electrons. The Labute approximate surface area is 190 Å². The molecule has 0 aliphatic carbocycles. The van der Waals surface area contributed by atoms with Gasteiger partial charge in [0.1, 0.15) is 5.69 Å². The van der Waals surface area contributed by atoms with Crippen molar-refractivity contribution in [3.8, 4) is 28.4 Å². The fourth-order valence-corrected chi connectivity index (χ4v) is 3.17. The third kappa shape index (κ3) is 5.19. The number of benzene rings is 3. The first-order chi connectivity index (χ1) is 16.2. The first-order valence-electron chi connectivity index (χ1n) is 10.2. The standard InChI is InChI=1S/C25H22N4O4/c1-32-21-14-8-9-15-22(21)33-17-23(30)26-27-25(31)20-16-29(19-12-6-3-7-13-19)28-24(20)18-10-4-2-5-11-18/h2-16H,17H2,1H3,(H,26,30)(H,27,31). The monoisotopic (exact) mass is 442 g/mol. The zero-order chi connectivity index (χ0) is 23.0. The number of methoxy groups -OCH3 is 1. The van der Waals surface area contributed by atoms with Gasteiger partial charge in [0.25, 0.3) is 11.8 Å². The molecule has 0 saturated heterocycles. The van der Waals surface area contributed by atoms with E-state index < -0.39 is 11.8 Å². The van der Waals surface area contributed by atoms with Crippen molar-refractivity contribution in [3.05, 3.63) is 96.7 Å². The molecule has 8 nitrogen and oxygen atoms in total. The smallest absolute Gasteiger partial charge is 0.276 e. The number of amides is 2. The number of nitrogens with zero attached hydrogens (tertiary/aromatic N) is 2. The van der Waals surface area contributed by atoms with Crippen LogP contribution in [0.3, 0.4) is 0 Å². The predicted octanol–water partition coefficient (Wildman–Crippen LogP) is 3.39. The topological polar surface area (TPSA) is 94.5 Å². The Morgan fingerprint density at radius 1 is 0.848 bits per heavy atom. The Hall–Kier alpha value is -4.59. The lowest BCUT2D eigenvalue weighted by Crippen LogP contribution is -2.43. The Morgan fingerprint density at radius 3 is 2.18 bits per heavy atom. The SMILES string of the molecule is COc1ccccc1OCC(=O)NNC(=O)c1cn(-c2ccccc2)nc1-c1ccccc1. The molecule has 33 heavy (non-hydrogen) atoms. The predicted molar refractivity (Wildman–Crippen MR) is 123 cm³/mol. The molecule has 0 spiro atoms. The van der Waals surface area contributed by atoms with Gasteiger partial charge in [-0.15, -0.1) is 0 Å². The molecular formula is C25H22N4O4. The molecule has 0 unspecified atom stereocenters. The molecule has 1 aromatic heterocycles. The summed E-state index contributed by atoms with van der Waals surface area (Å²) in [5, 5.41) is 4.60. The van der Waals surface area contributed by atoms with Crippen LogP contribution in [0.15, 0.2) is 91.1 Å². The molecule has 0 bridgehead atoms. The van der Waals surface area contributed by atoms with Crippen LogP contribution in [0, 0.1) is 0 Å². The summed E-state index contributed by atoms with van der Waals surface area (Å²) in [6.45, 7) is -0.296. The highest BCUT2D eigenvalue weighted by Crippen LogP contribution is 2.26. The van der Waals surface area contributed by atoms with Gasteiger partial charge in [0, 0.05) is 11.8 Å². The van der Waals surface area contributed by atoms with Crippen molar-refractivity contribution in [3.63, 3.8) is 0 Å². The largest absolute Gasteiger partial charge is 0.493 e. The van der Waals surface area contributed by atoms with Crippen molar-refractivity contribution in [1.82, 2.24) is 20.6 Å². The van der Waals surface area contributed by atoms with Crippen molar-refractivity contribution >= 4 is 11.8 Å². The van der Waals surface area contributed by atoms with Gasteiger partial charge >= 0.3 is 0 Å². The quantitative estimate of drug-likeness (QED) is 0.428. The number of nitrogens with one attached hydrogen (secondary N) is 2. The van der Waals surface area contributed by atoms with Crippen LogP contribution in [0.25, 0.3) is 16.9 Å². The first kappa shape index (κ1) is 21.6. The molecular weight excluding hydrogens is 420 g/mol. The molecule has 0 fully saturated rings. The van der Waals surface area contributed by atoms with E-state index in [1.54, 1.807) is 35.1 Å². The lowest BCUT2D eigenvalue weighted by atomic mass is 10.1. The third-order valence-corrected chi connectivity index (χ3v) is 4.77. The number of aromatic nitrogens is 2. The maximum absolute atomic E-state index is 12.9.